The van der Waals surface area contributed by atoms with Gasteiger partial charge in [0.05, 0.1) is 0 Å². The normalized spacial score (nSPS) is 12.1. The Hall–Kier alpha value is -1.48. The Morgan fingerprint density at radius 3 is 1.80 bits per heavy atom. The zero-order chi connectivity index (χ0) is 12.3. The first-order chi connectivity index (χ1) is 6.55. The lowest BCUT2D eigenvalue weighted by atomic mass is 10.6. The minimum atomic E-state index is -5.32. The van der Waals surface area contributed by atoms with Crippen LogP contribution < -0.4 is 5.32 Å². The predicted octanol–water partition coefficient (Wildman–Crippen LogP) is 0.728. The fourth-order valence-electron chi connectivity index (χ4n) is 0.349. The first-order valence-electron chi connectivity index (χ1n) is 3.14. The van der Waals surface area contributed by atoms with Crippen molar-refractivity contribution < 1.29 is 40.7 Å². The molecule has 0 atom stereocenters. The SMILES string of the molecule is O=C(NCOC(=O)C(F)(F)F)C(F)(F)F. The third-order valence-corrected chi connectivity index (χ3v) is 0.925. The average molecular weight is 239 g/mol. The highest BCUT2D eigenvalue weighted by Gasteiger charge is 2.42. The Balaban J connectivity index is 3.92. The van der Waals surface area contributed by atoms with E-state index >= 15 is 0 Å². The summed E-state index contributed by atoms with van der Waals surface area (Å²) in [4.78, 5) is 19.9. The molecular formula is C5H3F6NO3. The highest BCUT2D eigenvalue weighted by atomic mass is 19.4. The summed E-state index contributed by atoms with van der Waals surface area (Å²) in [6, 6.07) is 0. The molecule has 10 heteroatoms. The molecule has 0 aromatic heterocycles. The highest BCUT2D eigenvalue weighted by molar-refractivity contribution is 5.82. The van der Waals surface area contributed by atoms with Gasteiger partial charge in [0, 0.05) is 0 Å². The summed E-state index contributed by atoms with van der Waals surface area (Å²) in [5, 5.41) is 0.919. The summed E-state index contributed by atoms with van der Waals surface area (Å²) in [5.74, 6) is -5.19. The number of halogens is 6. The van der Waals surface area contributed by atoms with Gasteiger partial charge in [-0.15, -0.1) is 0 Å². The molecule has 0 aromatic carbocycles. The van der Waals surface area contributed by atoms with E-state index in [0.717, 1.165) is 5.32 Å². The first kappa shape index (κ1) is 13.5. The number of rotatable bonds is 2. The van der Waals surface area contributed by atoms with Crippen LogP contribution in [0.15, 0.2) is 0 Å². The first-order valence-corrected chi connectivity index (χ1v) is 3.14. The van der Waals surface area contributed by atoms with Crippen LogP contribution in [-0.4, -0.2) is 31.0 Å². The van der Waals surface area contributed by atoms with Crippen molar-refractivity contribution >= 4 is 11.9 Å². The molecule has 0 aromatic rings. The van der Waals surface area contributed by atoms with Gasteiger partial charge in [0.2, 0.25) is 0 Å². The van der Waals surface area contributed by atoms with E-state index in [0.29, 0.717) is 0 Å². The van der Waals surface area contributed by atoms with Crippen LogP contribution in [-0.2, 0) is 14.3 Å². The Kier molecular flexibility index (Phi) is 3.93. The molecule has 0 aliphatic carbocycles. The molecule has 0 fully saturated rings. The van der Waals surface area contributed by atoms with Crippen molar-refractivity contribution in [3.63, 3.8) is 0 Å². The number of hydrogen-bond donors (Lipinski definition) is 1. The quantitative estimate of drug-likeness (QED) is 0.439. The van der Waals surface area contributed by atoms with Crippen LogP contribution in [0, 0.1) is 0 Å². The molecule has 0 heterocycles. The number of hydrogen-bond acceptors (Lipinski definition) is 3. The number of carbonyl (C=O) groups excluding carboxylic acids is 2. The van der Waals surface area contributed by atoms with Gasteiger partial charge in [-0.05, 0) is 0 Å². The van der Waals surface area contributed by atoms with Gasteiger partial charge >= 0.3 is 24.2 Å². The molecule has 0 aliphatic heterocycles. The number of ether oxygens (including phenoxy) is 1. The fraction of sp³-hybridized carbons (Fsp3) is 0.600. The lowest BCUT2D eigenvalue weighted by Crippen LogP contribution is -2.39. The number of amides is 1. The van der Waals surface area contributed by atoms with Crippen molar-refractivity contribution in [2.45, 2.75) is 12.4 Å². The second-order valence-electron chi connectivity index (χ2n) is 2.08. The smallest absolute Gasteiger partial charge is 0.438 e. The van der Waals surface area contributed by atoms with Crippen LogP contribution >= 0.6 is 0 Å². The van der Waals surface area contributed by atoms with Gasteiger partial charge in [-0.1, -0.05) is 0 Å². The zero-order valence-electron chi connectivity index (χ0n) is 6.70. The summed E-state index contributed by atoms with van der Waals surface area (Å²) < 4.78 is 71.8. The van der Waals surface area contributed by atoms with Crippen molar-refractivity contribution in [2.75, 3.05) is 6.73 Å². The third kappa shape index (κ3) is 5.08. The Bertz CT molecular complexity index is 230. The molecular weight excluding hydrogens is 236 g/mol. The number of esters is 1. The van der Waals surface area contributed by atoms with Crippen molar-refractivity contribution in [1.82, 2.24) is 5.32 Å². The lowest BCUT2D eigenvalue weighted by molar-refractivity contribution is -0.202. The molecule has 1 N–H and O–H groups in total. The molecule has 0 spiro atoms. The second-order valence-corrected chi connectivity index (χ2v) is 2.08. The van der Waals surface area contributed by atoms with E-state index in [9.17, 15) is 35.9 Å². The largest absolute Gasteiger partial charge is 0.490 e. The molecule has 1 amide bonds. The van der Waals surface area contributed by atoms with Crippen LogP contribution in [0.4, 0.5) is 26.3 Å². The summed E-state index contributed by atoms with van der Waals surface area (Å²) in [7, 11) is 0. The molecule has 88 valence electrons. The standard InChI is InChI=1S/C5H3F6NO3/c6-4(7,8)2(13)12-1-15-3(14)5(9,10)11/h1H2,(H,12,13). The van der Waals surface area contributed by atoms with Crippen LogP contribution in [0.1, 0.15) is 0 Å². The number of carbonyl (C=O) groups is 2. The molecule has 4 nitrogen and oxygen atoms in total. The summed E-state index contributed by atoms with van der Waals surface area (Å²) >= 11 is 0. The molecule has 0 rings (SSSR count). The van der Waals surface area contributed by atoms with Crippen LogP contribution in [0.5, 0.6) is 0 Å². The molecule has 0 unspecified atom stereocenters. The van der Waals surface area contributed by atoms with E-state index in [-0.39, 0.29) is 0 Å². The predicted molar refractivity (Wildman–Crippen MR) is 31.2 cm³/mol. The van der Waals surface area contributed by atoms with Gasteiger partial charge < -0.3 is 10.1 Å². The average Bonchev–Trinajstić information content (AvgIpc) is 2.00. The van der Waals surface area contributed by atoms with Gasteiger partial charge in [-0.3, -0.25) is 4.79 Å². The minimum absolute atomic E-state index is 0.919. The van der Waals surface area contributed by atoms with Crippen LogP contribution in [0.25, 0.3) is 0 Å². The fourth-order valence-corrected chi connectivity index (χ4v) is 0.349. The maximum atomic E-state index is 11.4. The molecule has 15 heavy (non-hydrogen) atoms. The Morgan fingerprint density at radius 1 is 1.00 bits per heavy atom. The molecule has 0 aliphatic rings. The van der Waals surface area contributed by atoms with Gasteiger partial charge in [0.25, 0.3) is 0 Å². The van der Waals surface area contributed by atoms with E-state index in [1.165, 1.54) is 0 Å². The number of alkyl halides is 6. The van der Waals surface area contributed by atoms with E-state index in [4.69, 9.17) is 0 Å². The van der Waals surface area contributed by atoms with Crippen molar-refractivity contribution in [3.05, 3.63) is 0 Å². The second kappa shape index (κ2) is 4.36. The molecule has 0 bridgehead atoms. The Labute approximate surface area is 78.2 Å². The van der Waals surface area contributed by atoms with Crippen molar-refractivity contribution in [3.8, 4) is 0 Å². The molecule has 0 radical (unpaired) electrons. The zero-order valence-corrected chi connectivity index (χ0v) is 6.70. The van der Waals surface area contributed by atoms with Gasteiger partial charge in [-0.25, -0.2) is 4.79 Å². The molecule has 0 saturated heterocycles. The van der Waals surface area contributed by atoms with Crippen LogP contribution in [0.2, 0.25) is 0 Å². The monoisotopic (exact) mass is 239 g/mol. The third-order valence-electron chi connectivity index (χ3n) is 0.925. The van der Waals surface area contributed by atoms with E-state index in [1.54, 1.807) is 0 Å². The lowest BCUT2D eigenvalue weighted by Gasteiger charge is -2.09. The van der Waals surface area contributed by atoms with Gasteiger partial charge in [-0.2, -0.15) is 26.3 Å². The number of nitrogens with one attached hydrogen (secondary N) is 1. The maximum Gasteiger partial charge on any atom is 0.490 e. The maximum absolute atomic E-state index is 11.4. The van der Waals surface area contributed by atoms with Crippen molar-refractivity contribution in [1.29, 1.82) is 0 Å². The minimum Gasteiger partial charge on any atom is -0.438 e. The van der Waals surface area contributed by atoms with Gasteiger partial charge in [0.15, 0.2) is 6.73 Å². The Morgan fingerprint density at radius 2 is 1.47 bits per heavy atom. The van der Waals surface area contributed by atoms with Crippen molar-refractivity contribution in [2.24, 2.45) is 0 Å². The van der Waals surface area contributed by atoms with E-state index in [1.807, 2.05) is 0 Å². The van der Waals surface area contributed by atoms with E-state index in [2.05, 4.69) is 4.74 Å². The summed E-state index contributed by atoms with van der Waals surface area (Å²) in [6.07, 6.45) is -10.6. The molecule has 0 saturated carbocycles. The highest BCUT2D eigenvalue weighted by Crippen LogP contribution is 2.16. The van der Waals surface area contributed by atoms with Gasteiger partial charge in [0.1, 0.15) is 0 Å². The topological polar surface area (TPSA) is 55.4 Å². The van der Waals surface area contributed by atoms with E-state index < -0.39 is 31.0 Å². The summed E-state index contributed by atoms with van der Waals surface area (Å²) in [6.45, 7) is -1.50. The van der Waals surface area contributed by atoms with Crippen LogP contribution in [0.3, 0.4) is 0 Å². The summed E-state index contributed by atoms with van der Waals surface area (Å²) in [5.41, 5.74) is 0.